The zero-order chi connectivity index (χ0) is 15.0. The van der Waals surface area contributed by atoms with Crippen molar-refractivity contribution < 1.29 is 14.4 Å². The quantitative estimate of drug-likeness (QED) is 0.602. The van der Waals surface area contributed by atoms with E-state index in [1.807, 2.05) is 6.08 Å². The standard InChI is InChI=1S/C14H16N4O3/c1-3-6-21-18-12-7-11(8-16(9-12)14(18)20)17-5-4-13(15-17)10(2)19/h3-5,7,12H,1,6,8-9H2,2H3. The van der Waals surface area contributed by atoms with Crippen LogP contribution in [0.5, 0.6) is 0 Å². The number of amides is 2. The highest BCUT2D eigenvalue weighted by molar-refractivity contribution is 5.92. The molecule has 0 saturated carbocycles. The minimum Gasteiger partial charge on any atom is -0.314 e. The van der Waals surface area contributed by atoms with Crippen molar-refractivity contribution in [2.75, 3.05) is 19.7 Å². The second-order valence-electron chi connectivity index (χ2n) is 5.00. The number of hydrogen-bond acceptors (Lipinski definition) is 4. The summed E-state index contributed by atoms with van der Waals surface area (Å²) in [5, 5.41) is 5.59. The van der Waals surface area contributed by atoms with Gasteiger partial charge in [-0.1, -0.05) is 6.08 Å². The molecule has 21 heavy (non-hydrogen) atoms. The molecule has 0 aliphatic carbocycles. The molecule has 1 aromatic heterocycles. The number of hydroxylamine groups is 2. The van der Waals surface area contributed by atoms with Gasteiger partial charge in [-0.3, -0.25) is 9.63 Å². The molecule has 3 rings (SSSR count). The van der Waals surface area contributed by atoms with Crippen LogP contribution < -0.4 is 0 Å². The Bertz CT molecular complexity index is 634. The summed E-state index contributed by atoms with van der Waals surface area (Å²) in [5.74, 6) is -0.0829. The minimum absolute atomic E-state index is 0.0829. The van der Waals surface area contributed by atoms with Crippen molar-refractivity contribution in [3.8, 4) is 0 Å². The molecule has 3 heterocycles. The molecule has 0 spiro atoms. The van der Waals surface area contributed by atoms with E-state index in [0.29, 0.717) is 18.8 Å². The van der Waals surface area contributed by atoms with Crippen molar-refractivity contribution in [1.29, 1.82) is 0 Å². The maximum Gasteiger partial charge on any atom is 0.345 e. The van der Waals surface area contributed by atoms with Crippen molar-refractivity contribution in [3.63, 3.8) is 0 Å². The lowest BCUT2D eigenvalue weighted by molar-refractivity contribution is -0.107. The molecule has 1 atom stereocenters. The van der Waals surface area contributed by atoms with Gasteiger partial charge in [0.15, 0.2) is 5.78 Å². The Kier molecular flexibility index (Phi) is 3.34. The largest absolute Gasteiger partial charge is 0.345 e. The summed E-state index contributed by atoms with van der Waals surface area (Å²) in [6.07, 6.45) is 5.28. The predicted octanol–water partition coefficient (Wildman–Crippen LogP) is 1.16. The number of carbonyl (C=O) groups excluding carboxylic acids is 2. The molecule has 0 radical (unpaired) electrons. The van der Waals surface area contributed by atoms with Crippen molar-refractivity contribution in [1.82, 2.24) is 19.7 Å². The number of rotatable bonds is 5. The van der Waals surface area contributed by atoms with Crippen LogP contribution in [0.4, 0.5) is 4.79 Å². The maximum absolute atomic E-state index is 12.2. The smallest absolute Gasteiger partial charge is 0.314 e. The summed E-state index contributed by atoms with van der Waals surface area (Å²) in [4.78, 5) is 30.6. The number of fused-ring (bicyclic) bond motifs is 2. The van der Waals surface area contributed by atoms with Crippen molar-refractivity contribution in [2.45, 2.75) is 13.0 Å². The molecule has 7 heteroatoms. The van der Waals surface area contributed by atoms with Gasteiger partial charge in [0.1, 0.15) is 5.69 Å². The molecular formula is C14H16N4O3. The van der Waals surface area contributed by atoms with Crippen LogP contribution >= 0.6 is 0 Å². The highest BCUT2D eigenvalue weighted by Crippen LogP contribution is 2.26. The zero-order valence-electron chi connectivity index (χ0n) is 11.7. The van der Waals surface area contributed by atoms with Crippen LogP contribution in [0.1, 0.15) is 17.4 Å². The van der Waals surface area contributed by atoms with Gasteiger partial charge in [0, 0.05) is 19.7 Å². The molecule has 1 saturated heterocycles. The fraction of sp³-hybridized carbons (Fsp3) is 0.357. The number of carbonyl (C=O) groups is 2. The summed E-state index contributed by atoms with van der Waals surface area (Å²) in [6.45, 7) is 6.38. The van der Waals surface area contributed by atoms with Gasteiger partial charge < -0.3 is 4.90 Å². The molecule has 1 aromatic rings. The lowest BCUT2D eigenvalue weighted by Crippen LogP contribution is -2.33. The van der Waals surface area contributed by atoms with Crippen LogP contribution in [-0.4, -0.2) is 57.3 Å². The summed E-state index contributed by atoms with van der Waals surface area (Å²) in [6, 6.07) is 1.36. The zero-order valence-corrected chi connectivity index (χ0v) is 11.7. The molecule has 2 bridgehead atoms. The average molecular weight is 288 g/mol. The number of ketones is 1. The normalized spacial score (nSPS) is 20.7. The van der Waals surface area contributed by atoms with Gasteiger partial charge in [-0.15, -0.1) is 6.58 Å². The predicted molar refractivity (Wildman–Crippen MR) is 75.2 cm³/mol. The highest BCUT2D eigenvalue weighted by Gasteiger charge is 2.41. The van der Waals surface area contributed by atoms with Gasteiger partial charge in [-0.05, 0) is 12.1 Å². The minimum atomic E-state index is -0.160. The second-order valence-corrected chi connectivity index (χ2v) is 5.00. The van der Waals surface area contributed by atoms with E-state index in [9.17, 15) is 9.59 Å². The first-order chi connectivity index (χ1) is 10.1. The van der Waals surface area contributed by atoms with Crippen LogP contribution in [0.25, 0.3) is 5.70 Å². The van der Waals surface area contributed by atoms with E-state index in [-0.39, 0.29) is 24.5 Å². The van der Waals surface area contributed by atoms with E-state index in [1.54, 1.807) is 27.9 Å². The number of aromatic nitrogens is 2. The topological polar surface area (TPSA) is 67.7 Å². The molecule has 0 aromatic carbocycles. The van der Waals surface area contributed by atoms with Gasteiger partial charge in [-0.25, -0.2) is 9.48 Å². The first kappa shape index (κ1) is 13.6. The van der Waals surface area contributed by atoms with Crippen LogP contribution in [0.3, 0.4) is 0 Å². The molecule has 1 fully saturated rings. The lowest BCUT2D eigenvalue weighted by Gasteiger charge is -2.21. The third-order valence-electron chi connectivity index (χ3n) is 3.48. The Balaban J connectivity index is 1.84. The Morgan fingerprint density at radius 3 is 3.10 bits per heavy atom. The fourth-order valence-electron chi connectivity index (χ4n) is 2.49. The number of urea groups is 1. The number of Topliss-reactive ketones (excluding diaryl/α,β-unsaturated/α-hetero) is 1. The first-order valence-corrected chi connectivity index (χ1v) is 6.70. The van der Waals surface area contributed by atoms with E-state index in [4.69, 9.17) is 4.84 Å². The highest BCUT2D eigenvalue weighted by atomic mass is 16.7. The van der Waals surface area contributed by atoms with Crippen LogP contribution in [-0.2, 0) is 4.84 Å². The molecule has 1 unspecified atom stereocenters. The fourth-order valence-corrected chi connectivity index (χ4v) is 2.49. The summed E-state index contributed by atoms with van der Waals surface area (Å²) in [7, 11) is 0. The van der Waals surface area contributed by atoms with Crippen LogP contribution in [0.15, 0.2) is 31.0 Å². The third kappa shape index (κ3) is 2.36. The Hall–Kier alpha value is -2.41. The van der Waals surface area contributed by atoms with Gasteiger partial charge in [0.2, 0.25) is 0 Å². The summed E-state index contributed by atoms with van der Waals surface area (Å²) in [5.41, 5.74) is 1.27. The van der Waals surface area contributed by atoms with Gasteiger partial charge in [-0.2, -0.15) is 10.2 Å². The van der Waals surface area contributed by atoms with E-state index in [0.717, 1.165) is 5.70 Å². The molecular weight excluding hydrogens is 272 g/mol. The Morgan fingerprint density at radius 1 is 1.62 bits per heavy atom. The summed E-state index contributed by atoms with van der Waals surface area (Å²) < 4.78 is 1.64. The average Bonchev–Trinajstić information content (AvgIpc) is 3.03. The third-order valence-corrected chi connectivity index (χ3v) is 3.48. The van der Waals surface area contributed by atoms with Gasteiger partial charge in [0.25, 0.3) is 0 Å². The van der Waals surface area contributed by atoms with E-state index < -0.39 is 0 Å². The van der Waals surface area contributed by atoms with E-state index in [1.165, 1.54) is 12.0 Å². The van der Waals surface area contributed by atoms with E-state index in [2.05, 4.69) is 11.7 Å². The van der Waals surface area contributed by atoms with Crippen molar-refractivity contribution >= 4 is 17.5 Å². The number of nitrogens with zero attached hydrogens (tertiary/aromatic N) is 4. The molecule has 7 nitrogen and oxygen atoms in total. The van der Waals surface area contributed by atoms with Crippen molar-refractivity contribution in [2.24, 2.45) is 0 Å². The second kappa shape index (κ2) is 5.17. The van der Waals surface area contributed by atoms with E-state index >= 15 is 0 Å². The van der Waals surface area contributed by atoms with Crippen LogP contribution in [0, 0.1) is 0 Å². The monoisotopic (exact) mass is 288 g/mol. The van der Waals surface area contributed by atoms with Gasteiger partial charge in [0.05, 0.1) is 24.9 Å². The first-order valence-electron chi connectivity index (χ1n) is 6.70. The molecule has 2 aliphatic heterocycles. The molecule has 0 N–H and O–H groups in total. The Labute approximate surface area is 122 Å². The Morgan fingerprint density at radius 2 is 2.43 bits per heavy atom. The molecule has 2 aliphatic rings. The maximum atomic E-state index is 12.2. The van der Waals surface area contributed by atoms with Crippen LogP contribution in [0.2, 0.25) is 0 Å². The number of hydrogen-bond donors (Lipinski definition) is 0. The molecule has 110 valence electrons. The van der Waals surface area contributed by atoms with Crippen molar-refractivity contribution in [3.05, 3.63) is 36.7 Å². The molecule has 2 amide bonds. The summed E-state index contributed by atoms with van der Waals surface area (Å²) >= 11 is 0. The SMILES string of the molecule is C=CCON1C(=O)N2CC(n3ccc(C(C)=O)n3)=CC1C2. The van der Waals surface area contributed by atoms with Gasteiger partial charge >= 0.3 is 6.03 Å². The lowest BCUT2D eigenvalue weighted by atomic mass is 10.2.